The molecule has 2 fully saturated rings. The lowest BCUT2D eigenvalue weighted by Gasteiger charge is -2.29. The molecular formula is C18H26N2O. The molecule has 1 amide bonds. The molecule has 1 atom stereocenters. The Morgan fingerprint density at radius 3 is 2.71 bits per heavy atom. The number of rotatable bonds is 4. The largest absolute Gasteiger partial charge is 0.322 e. The first-order valence-corrected chi connectivity index (χ1v) is 8.34. The highest BCUT2D eigenvalue weighted by Gasteiger charge is 2.32. The molecule has 1 heterocycles. The third kappa shape index (κ3) is 3.29. The van der Waals surface area contributed by atoms with Gasteiger partial charge in [0.1, 0.15) is 6.17 Å². The van der Waals surface area contributed by atoms with E-state index in [9.17, 15) is 4.79 Å². The van der Waals surface area contributed by atoms with E-state index in [1.54, 1.807) is 0 Å². The molecule has 21 heavy (non-hydrogen) atoms. The molecule has 1 aromatic rings. The highest BCUT2D eigenvalue weighted by atomic mass is 16.2. The standard InChI is InChI=1S/C18H26N2O/c1-14-7-5-6-10-16(14)18-19-13-17(21)20(18)12-11-15-8-3-2-4-9-15/h5-7,10,15,18-19H,2-4,8-9,11-13H2,1H3. The minimum atomic E-state index is 0.0716. The molecular weight excluding hydrogens is 260 g/mol. The molecule has 1 saturated carbocycles. The number of amides is 1. The summed E-state index contributed by atoms with van der Waals surface area (Å²) in [5, 5.41) is 3.38. The number of hydrogen-bond acceptors (Lipinski definition) is 2. The maximum atomic E-state index is 12.2. The van der Waals surface area contributed by atoms with Crippen molar-refractivity contribution < 1.29 is 4.79 Å². The van der Waals surface area contributed by atoms with Gasteiger partial charge in [-0.2, -0.15) is 0 Å². The summed E-state index contributed by atoms with van der Waals surface area (Å²) in [4.78, 5) is 14.3. The van der Waals surface area contributed by atoms with Crippen LogP contribution in [0.1, 0.15) is 55.8 Å². The summed E-state index contributed by atoms with van der Waals surface area (Å²) in [7, 11) is 0. The monoisotopic (exact) mass is 286 g/mol. The molecule has 0 radical (unpaired) electrons. The van der Waals surface area contributed by atoms with Gasteiger partial charge in [0.2, 0.25) is 5.91 Å². The summed E-state index contributed by atoms with van der Waals surface area (Å²) in [6.07, 6.45) is 8.08. The fraction of sp³-hybridized carbons (Fsp3) is 0.611. The number of aryl methyl sites for hydroxylation is 1. The maximum absolute atomic E-state index is 12.2. The van der Waals surface area contributed by atoms with Crippen LogP contribution in [0.4, 0.5) is 0 Å². The molecule has 1 aliphatic heterocycles. The Bertz CT molecular complexity index is 494. The highest BCUT2D eigenvalue weighted by molar-refractivity contribution is 5.81. The lowest BCUT2D eigenvalue weighted by molar-refractivity contribution is -0.128. The predicted octanol–water partition coefficient (Wildman–Crippen LogP) is 3.40. The molecule has 0 bridgehead atoms. The van der Waals surface area contributed by atoms with Crippen LogP contribution >= 0.6 is 0 Å². The van der Waals surface area contributed by atoms with Crippen LogP contribution in [-0.4, -0.2) is 23.9 Å². The molecule has 114 valence electrons. The first kappa shape index (κ1) is 14.6. The van der Waals surface area contributed by atoms with Gasteiger partial charge in [-0.1, -0.05) is 56.4 Å². The van der Waals surface area contributed by atoms with Crippen molar-refractivity contribution in [3.8, 4) is 0 Å². The Kier molecular flexibility index (Phi) is 4.59. The highest BCUT2D eigenvalue weighted by Crippen LogP contribution is 2.29. The fourth-order valence-electron chi connectivity index (χ4n) is 3.76. The Morgan fingerprint density at radius 1 is 1.19 bits per heavy atom. The number of nitrogens with zero attached hydrogens (tertiary/aromatic N) is 1. The summed E-state index contributed by atoms with van der Waals surface area (Å²) < 4.78 is 0. The second-order valence-electron chi connectivity index (χ2n) is 6.52. The Labute approximate surface area is 127 Å². The second-order valence-corrected chi connectivity index (χ2v) is 6.52. The lowest BCUT2D eigenvalue weighted by atomic mass is 9.87. The first-order valence-electron chi connectivity index (χ1n) is 8.34. The van der Waals surface area contributed by atoms with E-state index in [1.165, 1.54) is 43.2 Å². The van der Waals surface area contributed by atoms with Gasteiger partial charge in [-0.3, -0.25) is 10.1 Å². The molecule has 1 aliphatic carbocycles. The third-order valence-corrected chi connectivity index (χ3v) is 5.06. The topological polar surface area (TPSA) is 32.3 Å². The summed E-state index contributed by atoms with van der Waals surface area (Å²) >= 11 is 0. The van der Waals surface area contributed by atoms with Crippen LogP contribution in [0.3, 0.4) is 0 Å². The van der Waals surface area contributed by atoms with Gasteiger partial charge in [-0.15, -0.1) is 0 Å². The fourth-order valence-corrected chi connectivity index (χ4v) is 3.76. The van der Waals surface area contributed by atoms with Crippen molar-refractivity contribution in [2.45, 2.75) is 51.6 Å². The van der Waals surface area contributed by atoms with E-state index in [0.717, 1.165) is 18.9 Å². The van der Waals surface area contributed by atoms with Crippen LogP contribution in [0.5, 0.6) is 0 Å². The van der Waals surface area contributed by atoms with Crippen molar-refractivity contribution in [1.82, 2.24) is 10.2 Å². The van der Waals surface area contributed by atoms with Crippen molar-refractivity contribution in [1.29, 1.82) is 0 Å². The van der Waals surface area contributed by atoms with Gasteiger partial charge in [0, 0.05) is 6.54 Å². The molecule has 0 aromatic heterocycles. The summed E-state index contributed by atoms with van der Waals surface area (Å²) in [6.45, 7) is 3.50. The van der Waals surface area contributed by atoms with E-state index >= 15 is 0 Å². The SMILES string of the molecule is Cc1ccccc1C1NCC(=O)N1CCC1CCCCC1. The zero-order valence-electron chi connectivity index (χ0n) is 13.0. The minimum absolute atomic E-state index is 0.0716. The minimum Gasteiger partial charge on any atom is -0.322 e. The summed E-state index contributed by atoms with van der Waals surface area (Å²) in [5.74, 6) is 1.07. The summed E-state index contributed by atoms with van der Waals surface area (Å²) in [5.41, 5.74) is 2.50. The predicted molar refractivity (Wildman–Crippen MR) is 84.8 cm³/mol. The normalized spacial score (nSPS) is 23.8. The van der Waals surface area contributed by atoms with E-state index < -0.39 is 0 Å². The van der Waals surface area contributed by atoms with Crippen molar-refractivity contribution in [2.75, 3.05) is 13.1 Å². The van der Waals surface area contributed by atoms with Gasteiger partial charge in [-0.25, -0.2) is 0 Å². The molecule has 3 heteroatoms. The van der Waals surface area contributed by atoms with Gasteiger partial charge in [0.15, 0.2) is 0 Å². The zero-order valence-corrected chi connectivity index (χ0v) is 13.0. The Morgan fingerprint density at radius 2 is 1.95 bits per heavy atom. The number of benzene rings is 1. The average Bonchev–Trinajstić information content (AvgIpc) is 2.88. The van der Waals surface area contributed by atoms with Crippen LogP contribution < -0.4 is 5.32 Å². The Balaban J connectivity index is 1.66. The van der Waals surface area contributed by atoms with E-state index in [2.05, 4.69) is 41.4 Å². The quantitative estimate of drug-likeness (QED) is 0.920. The van der Waals surface area contributed by atoms with Crippen molar-refractivity contribution >= 4 is 5.91 Å². The smallest absolute Gasteiger partial charge is 0.238 e. The van der Waals surface area contributed by atoms with Crippen LogP contribution in [0, 0.1) is 12.8 Å². The van der Waals surface area contributed by atoms with Crippen LogP contribution in [0.2, 0.25) is 0 Å². The van der Waals surface area contributed by atoms with E-state index in [0.29, 0.717) is 6.54 Å². The van der Waals surface area contributed by atoms with Crippen molar-refractivity contribution in [3.05, 3.63) is 35.4 Å². The molecule has 0 spiro atoms. The van der Waals surface area contributed by atoms with Gasteiger partial charge < -0.3 is 4.90 Å². The van der Waals surface area contributed by atoms with Crippen molar-refractivity contribution in [3.63, 3.8) is 0 Å². The van der Waals surface area contributed by atoms with E-state index in [1.807, 2.05) is 0 Å². The average molecular weight is 286 g/mol. The first-order chi connectivity index (χ1) is 10.3. The van der Waals surface area contributed by atoms with Crippen LogP contribution in [-0.2, 0) is 4.79 Å². The second kappa shape index (κ2) is 6.61. The molecule has 1 saturated heterocycles. The molecule has 1 unspecified atom stereocenters. The van der Waals surface area contributed by atoms with Crippen LogP contribution in [0.15, 0.2) is 24.3 Å². The maximum Gasteiger partial charge on any atom is 0.238 e. The summed E-state index contributed by atoms with van der Waals surface area (Å²) in [6, 6.07) is 8.38. The number of carbonyl (C=O) groups excluding carboxylic acids is 1. The number of hydrogen-bond donors (Lipinski definition) is 1. The number of nitrogens with one attached hydrogen (secondary N) is 1. The Hall–Kier alpha value is -1.35. The molecule has 3 rings (SSSR count). The lowest BCUT2D eigenvalue weighted by Crippen LogP contribution is -2.32. The van der Waals surface area contributed by atoms with Gasteiger partial charge >= 0.3 is 0 Å². The van der Waals surface area contributed by atoms with Gasteiger partial charge in [0.05, 0.1) is 6.54 Å². The van der Waals surface area contributed by atoms with Crippen molar-refractivity contribution in [2.24, 2.45) is 5.92 Å². The molecule has 3 nitrogen and oxygen atoms in total. The molecule has 1 aromatic carbocycles. The molecule has 1 N–H and O–H groups in total. The molecule has 2 aliphatic rings. The van der Waals surface area contributed by atoms with Gasteiger partial charge in [0.25, 0.3) is 0 Å². The third-order valence-electron chi connectivity index (χ3n) is 5.06. The van der Waals surface area contributed by atoms with Crippen LogP contribution in [0.25, 0.3) is 0 Å². The number of carbonyl (C=O) groups is 1. The zero-order chi connectivity index (χ0) is 14.7. The van der Waals surface area contributed by atoms with Gasteiger partial charge in [-0.05, 0) is 30.4 Å². The van der Waals surface area contributed by atoms with E-state index in [4.69, 9.17) is 0 Å². The van der Waals surface area contributed by atoms with E-state index in [-0.39, 0.29) is 12.1 Å².